The van der Waals surface area contributed by atoms with Gasteiger partial charge in [-0.05, 0) is 48.4 Å². The monoisotopic (exact) mass is 388 g/mol. The minimum absolute atomic E-state index is 0.0581. The molecule has 0 aliphatic heterocycles. The van der Waals surface area contributed by atoms with Crippen LogP contribution in [0.5, 0.6) is 5.75 Å². The van der Waals surface area contributed by atoms with E-state index in [9.17, 15) is 8.42 Å². The number of aryl methyl sites for hydroxylation is 1. The summed E-state index contributed by atoms with van der Waals surface area (Å²) in [6, 6.07) is 15.9. The fourth-order valence-electron chi connectivity index (χ4n) is 2.55. The van der Waals surface area contributed by atoms with Crippen molar-refractivity contribution in [3.63, 3.8) is 0 Å². The van der Waals surface area contributed by atoms with Crippen molar-refractivity contribution in [2.45, 2.75) is 11.8 Å². The molecule has 0 spiro atoms. The van der Waals surface area contributed by atoms with Gasteiger partial charge in [-0.1, -0.05) is 35.9 Å². The van der Waals surface area contributed by atoms with E-state index in [0.29, 0.717) is 5.56 Å². The Morgan fingerprint density at radius 2 is 1.69 bits per heavy atom. The molecule has 1 heterocycles. The van der Waals surface area contributed by atoms with Crippen LogP contribution in [0.15, 0.2) is 65.7 Å². The smallest absolute Gasteiger partial charge is 0.264 e. The molecule has 0 atom stereocenters. The Morgan fingerprint density at radius 3 is 2.27 bits per heavy atom. The van der Waals surface area contributed by atoms with Gasteiger partial charge in [-0.2, -0.15) is 0 Å². The van der Waals surface area contributed by atoms with E-state index in [1.54, 1.807) is 50.6 Å². The Balaban J connectivity index is 1.84. The third-order valence-electron chi connectivity index (χ3n) is 3.86. The summed E-state index contributed by atoms with van der Waals surface area (Å²) in [5, 5.41) is 0.173. The van der Waals surface area contributed by atoms with E-state index in [1.165, 1.54) is 0 Å². The molecule has 0 saturated carbocycles. The Morgan fingerprint density at radius 1 is 1.00 bits per heavy atom. The number of hydrogen-bond donors (Lipinski definition) is 1. The molecule has 0 aliphatic carbocycles. The first-order valence-electron chi connectivity index (χ1n) is 7.79. The number of hydrogen-bond acceptors (Lipinski definition) is 4. The topological polar surface area (TPSA) is 68.3 Å². The molecule has 0 saturated heterocycles. The van der Waals surface area contributed by atoms with Crippen molar-refractivity contribution in [3.8, 4) is 16.9 Å². The summed E-state index contributed by atoms with van der Waals surface area (Å²) in [6.45, 7) is 1.70. The van der Waals surface area contributed by atoms with Crippen LogP contribution in [0.4, 0.5) is 5.82 Å². The summed E-state index contributed by atoms with van der Waals surface area (Å²) in [6.07, 6.45) is 1.61. The first-order chi connectivity index (χ1) is 12.4. The van der Waals surface area contributed by atoms with Gasteiger partial charge in [-0.15, -0.1) is 0 Å². The number of anilines is 1. The number of halogens is 1. The molecular weight excluding hydrogens is 372 g/mol. The molecule has 0 aliphatic rings. The van der Waals surface area contributed by atoms with Crippen LogP contribution in [0.1, 0.15) is 5.56 Å². The van der Waals surface area contributed by atoms with Gasteiger partial charge < -0.3 is 4.74 Å². The van der Waals surface area contributed by atoms with E-state index in [-0.39, 0.29) is 15.7 Å². The van der Waals surface area contributed by atoms with Gasteiger partial charge in [0.1, 0.15) is 16.5 Å². The number of rotatable bonds is 5. The second kappa shape index (κ2) is 7.35. The molecule has 1 N–H and O–H groups in total. The lowest BCUT2D eigenvalue weighted by atomic mass is 10.1. The molecule has 0 amide bonds. The summed E-state index contributed by atoms with van der Waals surface area (Å²) in [7, 11) is -2.21. The molecule has 0 unspecified atom stereocenters. The van der Waals surface area contributed by atoms with Gasteiger partial charge in [0.05, 0.1) is 12.1 Å². The summed E-state index contributed by atoms with van der Waals surface area (Å²) in [5.41, 5.74) is 2.39. The van der Waals surface area contributed by atoms with E-state index >= 15 is 0 Å². The summed E-state index contributed by atoms with van der Waals surface area (Å²) in [5.74, 6) is 0.989. The van der Waals surface area contributed by atoms with Crippen molar-refractivity contribution in [1.29, 1.82) is 0 Å². The van der Waals surface area contributed by atoms with E-state index in [0.717, 1.165) is 16.9 Å². The number of pyridine rings is 1. The Hall–Kier alpha value is -2.57. The van der Waals surface area contributed by atoms with Crippen LogP contribution in [0, 0.1) is 6.92 Å². The average molecular weight is 389 g/mol. The maximum atomic E-state index is 12.6. The third kappa shape index (κ3) is 3.81. The van der Waals surface area contributed by atoms with Crippen molar-refractivity contribution in [1.82, 2.24) is 4.98 Å². The number of methoxy groups -OCH3 is 1. The highest BCUT2D eigenvalue weighted by molar-refractivity contribution is 7.92. The second-order valence-corrected chi connectivity index (χ2v) is 7.68. The average Bonchev–Trinajstić information content (AvgIpc) is 2.62. The zero-order valence-corrected chi connectivity index (χ0v) is 15.8. The number of sulfonamides is 1. The maximum absolute atomic E-state index is 12.6. The number of aromatic nitrogens is 1. The third-order valence-corrected chi connectivity index (χ3v) is 5.84. The van der Waals surface area contributed by atoms with Gasteiger partial charge in [0, 0.05) is 11.8 Å². The number of nitrogens with one attached hydrogen (secondary N) is 1. The van der Waals surface area contributed by atoms with Crippen molar-refractivity contribution in [2.75, 3.05) is 11.8 Å². The van der Waals surface area contributed by atoms with Gasteiger partial charge in [-0.25, -0.2) is 13.4 Å². The largest absolute Gasteiger partial charge is 0.497 e. The lowest BCUT2D eigenvalue weighted by Gasteiger charge is -2.11. The van der Waals surface area contributed by atoms with Gasteiger partial charge in [0.25, 0.3) is 10.0 Å². The minimum atomic E-state index is -3.82. The van der Waals surface area contributed by atoms with E-state index < -0.39 is 10.0 Å². The van der Waals surface area contributed by atoms with Gasteiger partial charge in [0.2, 0.25) is 0 Å². The van der Waals surface area contributed by atoms with E-state index in [1.807, 2.05) is 24.3 Å². The molecule has 1 aromatic heterocycles. The summed E-state index contributed by atoms with van der Waals surface area (Å²) < 4.78 is 32.8. The van der Waals surface area contributed by atoms with Gasteiger partial charge in [-0.3, -0.25) is 4.72 Å². The minimum Gasteiger partial charge on any atom is -0.497 e. The zero-order chi connectivity index (χ0) is 18.7. The van der Waals surface area contributed by atoms with Crippen LogP contribution in [0.2, 0.25) is 5.02 Å². The van der Waals surface area contributed by atoms with E-state index in [2.05, 4.69) is 9.71 Å². The number of benzene rings is 2. The standard InChI is InChI=1S/C19H17ClN2O3S/c1-13-4-3-5-17(20)19(13)26(23,24)22-18-11-8-15(12-21-18)14-6-9-16(25-2)10-7-14/h3-12H,1-2H3,(H,21,22). The van der Waals surface area contributed by atoms with Crippen LogP contribution in [0.25, 0.3) is 11.1 Å². The molecular formula is C19H17ClN2O3S. The van der Waals surface area contributed by atoms with Crippen molar-refractivity contribution in [3.05, 3.63) is 71.4 Å². The molecule has 3 rings (SSSR count). The number of ether oxygens (including phenoxy) is 1. The van der Waals surface area contributed by atoms with Crippen molar-refractivity contribution >= 4 is 27.4 Å². The van der Waals surface area contributed by atoms with E-state index in [4.69, 9.17) is 16.3 Å². The molecule has 0 radical (unpaired) electrons. The fourth-order valence-corrected chi connectivity index (χ4v) is 4.40. The molecule has 0 bridgehead atoms. The van der Waals surface area contributed by atoms with Crippen LogP contribution in [-0.2, 0) is 10.0 Å². The lowest BCUT2D eigenvalue weighted by molar-refractivity contribution is 0.415. The normalized spacial score (nSPS) is 11.2. The van der Waals surface area contributed by atoms with Crippen LogP contribution >= 0.6 is 11.6 Å². The van der Waals surface area contributed by atoms with Crippen LogP contribution in [0.3, 0.4) is 0 Å². The SMILES string of the molecule is COc1ccc(-c2ccc(NS(=O)(=O)c3c(C)cccc3Cl)nc2)cc1. The fraction of sp³-hybridized carbons (Fsp3) is 0.105. The lowest BCUT2D eigenvalue weighted by Crippen LogP contribution is -2.15. The molecule has 3 aromatic rings. The first-order valence-corrected chi connectivity index (χ1v) is 9.65. The predicted octanol–water partition coefficient (Wildman–Crippen LogP) is 4.52. The Kier molecular flexibility index (Phi) is 5.15. The van der Waals surface area contributed by atoms with Gasteiger partial charge >= 0.3 is 0 Å². The highest BCUT2D eigenvalue weighted by atomic mass is 35.5. The Bertz CT molecular complexity index is 997. The molecule has 5 nitrogen and oxygen atoms in total. The molecule has 0 fully saturated rings. The highest BCUT2D eigenvalue weighted by Gasteiger charge is 2.20. The van der Waals surface area contributed by atoms with Crippen LogP contribution in [-0.4, -0.2) is 20.5 Å². The predicted molar refractivity (Wildman–Crippen MR) is 103 cm³/mol. The molecule has 26 heavy (non-hydrogen) atoms. The number of nitrogens with zero attached hydrogens (tertiary/aromatic N) is 1. The highest BCUT2D eigenvalue weighted by Crippen LogP contribution is 2.27. The molecule has 134 valence electrons. The van der Waals surface area contributed by atoms with Crippen molar-refractivity contribution in [2.24, 2.45) is 0 Å². The first kappa shape index (κ1) is 18.2. The summed E-state index contributed by atoms with van der Waals surface area (Å²) >= 11 is 6.06. The Labute approximate surface area is 157 Å². The molecule has 2 aromatic carbocycles. The van der Waals surface area contributed by atoms with Crippen molar-refractivity contribution < 1.29 is 13.2 Å². The molecule has 7 heteroatoms. The summed E-state index contributed by atoms with van der Waals surface area (Å²) in [4.78, 5) is 4.26. The van der Waals surface area contributed by atoms with Crippen LogP contribution < -0.4 is 9.46 Å². The van der Waals surface area contributed by atoms with Gasteiger partial charge in [0.15, 0.2) is 0 Å². The second-order valence-electron chi connectivity index (χ2n) is 5.65. The maximum Gasteiger partial charge on any atom is 0.264 e. The quantitative estimate of drug-likeness (QED) is 0.697. The zero-order valence-electron chi connectivity index (χ0n) is 14.2.